The molecule has 0 aromatic heterocycles. The van der Waals surface area contributed by atoms with E-state index in [-0.39, 0.29) is 0 Å². The molecule has 0 saturated carbocycles. The van der Waals surface area contributed by atoms with E-state index in [4.69, 9.17) is 0 Å². The Labute approximate surface area is 151 Å². The van der Waals surface area contributed by atoms with Gasteiger partial charge in [0.1, 0.15) is 0 Å². The second-order valence-corrected chi connectivity index (χ2v) is 6.88. The lowest BCUT2D eigenvalue weighted by atomic mass is 9.89. The minimum Gasteiger partial charge on any atom is -0.102 e. The molecule has 0 aliphatic rings. The van der Waals surface area contributed by atoms with Gasteiger partial charge >= 0.3 is 0 Å². The Balaban J connectivity index is 5.17. The van der Waals surface area contributed by atoms with Crippen molar-refractivity contribution >= 4 is 0 Å². The van der Waals surface area contributed by atoms with Crippen molar-refractivity contribution in [1.29, 1.82) is 0 Å². The maximum atomic E-state index is 3.75. The molecule has 0 rings (SSSR count). The Morgan fingerprint density at radius 1 is 1.17 bits per heavy atom. The molecule has 0 saturated heterocycles. The molecule has 24 heavy (non-hydrogen) atoms. The van der Waals surface area contributed by atoms with Gasteiger partial charge in [-0.1, -0.05) is 76.1 Å². The highest BCUT2D eigenvalue weighted by atomic mass is 14.1. The molecule has 0 aliphatic heterocycles. The second kappa shape index (κ2) is 13.7. The van der Waals surface area contributed by atoms with Crippen molar-refractivity contribution in [3.63, 3.8) is 0 Å². The Hall–Kier alpha value is -1.74. The van der Waals surface area contributed by atoms with Crippen molar-refractivity contribution < 1.29 is 0 Å². The molecule has 0 bridgehead atoms. The third kappa shape index (κ3) is 10.9. The predicted molar refractivity (Wildman–Crippen MR) is 111 cm³/mol. The summed E-state index contributed by atoms with van der Waals surface area (Å²) in [5.41, 5.74) is 4.07. The first-order valence-electron chi connectivity index (χ1n) is 9.21. The number of hydrogen-bond donors (Lipinski definition) is 0. The van der Waals surface area contributed by atoms with Crippen molar-refractivity contribution in [1.82, 2.24) is 0 Å². The van der Waals surface area contributed by atoms with Crippen LogP contribution in [0.3, 0.4) is 0 Å². The smallest absolute Gasteiger partial charge is 0.00235 e. The van der Waals surface area contributed by atoms with Crippen LogP contribution in [0.4, 0.5) is 0 Å². The lowest BCUT2D eigenvalue weighted by Gasteiger charge is -2.16. The fraction of sp³-hybridized carbons (Fsp3) is 0.500. The van der Waals surface area contributed by atoms with E-state index in [1.807, 2.05) is 19.1 Å². The van der Waals surface area contributed by atoms with Gasteiger partial charge in [0.25, 0.3) is 0 Å². The fourth-order valence-corrected chi connectivity index (χ4v) is 2.83. The van der Waals surface area contributed by atoms with Crippen LogP contribution in [-0.2, 0) is 0 Å². The van der Waals surface area contributed by atoms with Crippen LogP contribution in [0.2, 0.25) is 0 Å². The zero-order valence-corrected chi connectivity index (χ0v) is 16.7. The molecule has 0 nitrogen and oxygen atoms in total. The zero-order chi connectivity index (χ0) is 18.4. The first kappa shape index (κ1) is 22.3. The minimum atomic E-state index is 0.685. The van der Waals surface area contributed by atoms with Crippen LogP contribution >= 0.6 is 0 Å². The molecule has 0 aliphatic carbocycles. The van der Waals surface area contributed by atoms with E-state index in [1.165, 1.54) is 23.1 Å². The minimum absolute atomic E-state index is 0.685. The zero-order valence-electron chi connectivity index (χ0n) is 16.7. The summed E-state index contributed by atoms with van der Waals surface area (Å²) in [6.45, 7) is 17.0. The molecule has 0 aromatic rings. The molecule has 1 atom stereocenters. The molecule has 0 heterocycles. The highest BCUT2D eigenvalue weighted by molar-refractivity contribution is 5.37. The summed E-state index contributed by atoms with van der Waals surface area (Å²) >= 11 is 0. The van der Waals surface area contributed by atoms with Gasteiger partial charge in [-0.05, 0) is 68.6 Å². The van der Waals surface area contributed by atoms with Gasteiger partial charge in [-0.3, -0.25) is 0 Å². The SMILES string of the molecule is C=C/C=C\C(=C/CC)C/C=C(C)\C(=C/C#CC)CC(C)CC(C)C. The molecule has 1 unspecified atom stereocenters. The predicted octanol–water partition coefficient (Wildman–Crippen LogP) is 7.42. The fourth-order valence-electron chi connectivity index (χ4n) is 2.83. The van der Waals surface area contributed by atoms with Crippen LogP contribution in [0.25, 0.3) is 0 Å². The van der Waals surface area contributed by atoms with Gasteiger partial charge in [-0.2, -0.15) is 0 Å². The first-order chi connectivity index (χ1) is 11.4. The van der Waals surface area contributed by atoms with E-state index in [9.17, 15) is 0 Å². The number of allylic oxidation sites excluding steroid dienone is 9. The number of rotatable bonds is 10. The molecule has 0 spiro atoms. The second-order valence-electron chi connectivity index (χ2n) is 6.88. The van der Waals surface area contributed by atoms with Gasteiger partial charge in [-0.25, -0.2) is 0 Å². The van der Waals surface area contributed by atoms with E-state index in [1.54, 1.807) is 0 Å². The molecule has 0 fully saturated rings. The maximum Gasteiger partial charge on any atom is -0.00235 e. The van der Waals surface area contributed by atoms with Crippen molar-refractivity contribution in [2.45, 2.75) is 67.2 Å². The third-order valence-corrected chi connectivity index (χ3v) is 3.90. The van der Waals surface area contributed by atoms with E-state index >= 15 is 0 Å². The monoisotopic (exact) mass is 324 g/mol. The van der Waals surface area contributed by atoms with Crippen LogP contribution in [0.15, 0.2) is 59.8 Å². The molecular formula is C24H36. The van der Waals surface area contributed by atoms with Gasteiger partial charge in [0.15, 0.2) is 0 Å². The van der Waals surface area contributed by atoms with Crippen molar-refractivity contribution in [3.8, 4) is 11.8 Å². The van der Waals surface area contributed by atoms with Crippen molar-refractivity contribution in [3.05, 3.63) is 59.8 Å². The average Bonchev–Trinajstić information content (AvgIpc) is 2.52. The largest absolute Gasteiger partial charge is 0.102 e. The molecule has 0 radical (unpaired) electrons. The Morgan fingerprint density at radius 2 is 1.88 bits per heavy atom. The van der Waals surface area contributed by atoms with Crippen LogP contribution in [0, 0.1) is 23.7 Å². The van der Waals surface area contributed by atoms with Gasteiger partial charge in [0.05, 0.1) is 0 Å². The molecule has 0 aromatic carbocycles. The Kier molecular flexibility index (Phi) is 12.7. The molecule has 0 heteroatoms. The third-order valence-electron chi connectivity index (χ3n) is 3.90. The number of hydrogen-bond acceptors (Lipinski definition) is 0. The van der Waals surface area contributed by atoms with E-state index in [2.05, 4.69) is 77.3 Å². The van der Waals surface area contributed by atoms with E-state index < -0.39 is 0 Å². The Bertz CT molecular complexity index is 538. The first-order valence-corrected chi connectivity index (χ1v) is 9.21. The van der Waals surface area contributed by atoms with E-state index in [0.717, 1.165) is 25.2 Å². The molecular weight excluding hydrogens is 288 g/mol. The van der Waals surface area contributed by atoms with Gasteiger partial charge in [-0.15, -0.1) is 5.92 Å². The lowest BCUT2D eigenvalue weighted by Crippen LogP contribution is -2.02. The standard InChI is InChI=1S/C24H36/c1-8-11-14-23(13-10-3)17-16-22(7)24(15-12-9-2)19-21(6)18-20(4)5/h8,11,13-16,20-21H,1,10,17-19H2,2-7H3/b14-11-,22-16-,23-13+,24-15-. The van der Waals surface area contributed by atoms with Crippen LogP contribution in [0.5, 0.6) is 0 Å². The summed E-state index contributed by atoms with van der Waals surface area (Å²) in [4.78, 5) is 0. The normalized spacial score (nSPS) is 14.7. The molecule has 132 valence electrons. The Morgan fingerprint density at radius 3 is 2.42 bits per heavy atom. The van der Waals surface area contributed by atoms with Gasteiger partial charge < -0.3 is 0 Å². The quantitative estimate of drug-likeness (QED) is 0.289. The van der Waals surface area contributed by atoms with Crippen LogP contribution in [-0.4, -0.2) is 0 Å². The van der Waals surface area contributed by atoms with Crippen LogP contribution < -0.4 is 0 Å². The van der Waals surface area contributed by atoms with Crippen molar-refractivity contribution in [2.75, 3.05) is 0 Å². The summed E-state index contributed by atoms with van der Waals surface area (Å²) in [5, 5.41) is 0. The molecule has 0 amide bonds. The van der Waals surface area contributed by atoms with Crippen LogP contribution in [0.1, 0.15) is 67.2 Å². The lowest BCUT2D eigenvalue weighted by molar-refractivity contribution is 0.437. The average molecular weight is 325 g/mol. The van der Waals surface area contributed by atoms with Gasteiger partial charge in [0.2, 0.25) is 0 Å². The summed E-state index contributed by atoms with van der Waals surface area (Å²) in [6, 6.07) is 0. The topological polar surface area (TPSA) is 0 Å². The summed E-state index contributed by atoms with van der Waals surface area (Å²) in [5.74, 6) is 7.56. The summed E-state index contributed by atoms with van der Waals surface area (Å²) < 4.78 is 0. The highest BCUT2D eigenvalue weighted by Gasteiger charge is 2.09. The highest BCUT2D eigenvalue weighted by Crippen LogP contribution is 2.24. The maximum absolute atomic E-state index is 3.75. The van der Waals surface area contributed by atoms with E-state index in [0.29, 0.717) is 5.92 Å². The van der Waals surface area contributed by atoms with Crippen molar-refractivity contribution in [2.24, 2.45) is 11.8 Å². The summed E-state index contributed by atoms with van der Waals surface area (Å²) in [7, 11) is 0. The van der Waals surface area contributed by atoms with Gasteiger partial charge in [0, 0.05) is 0 Å². The molecule has 0 N–H and O–H groups in total. The summed E-state index contributed by atoms with van der Waals surface area (Å²) in [6.07, 6.45) is 17.1.